The van der Waals surface area contributed by atoms with Crippen LogP contribution >= 0.6 is 0 Å². The summed E-state index contributed by atoms with van der Waals surface area (Å²) in [5.74, 6) is -0.189. The second kappa shape index (κ2) is 9.45. The highest BCUT2D eigenvalue weighted by atomic mass is 16.3. The first-order valence-electron chi connectivity index (χ1n) is 9.33. The van der Waals surface area contributed by atoms with E-state index in [2.05, 4.69) is 32.7 Å². The normalized spacial score (nSPS) is 18.0. The standard InChI is InChI=1S/C19H27N5O2/c25-13-12-23-10-5-4-8-17(23)14-20-19(26)18-15-24(22-21-18)11-9-16-6-2-1-3-7-16/h1-3,6-7,15,17,25H,4-5,8-14H2,(H,20,26). The summed E-state index contributed by atoms with van der Waals surface area (Å²) in [6, 6.07) is 10.5. The maximum atomic E-state index is 12.3. The number of carbonyl (C=O) groups is 1. The molecule has 1 saturated heterocycles. The number of benzene rings is 1. The number of aromatic nitrogens is 3. The van der Waals surface area contributed by atoms with Crippen LogP contribution in [-0.4, -0.2) is 63.2 Å². The van der Waals surface area contributed by atoms with Gasteiger partial charge >= 0.3 is 0 Å². The van der Waals surface area contributed by atoms with Gasteiger partial charge in [0.2, 0.25) is 0 Å². The van der Waals surface area contributed by atoms with Gasteiger partial charge in [-0.2, -0.15) is 0 Å². The van der Waals surface area contributed by atoms with Crippen LogP contribution in [-0.2, 0) is 13.0 Å². The average molecular weight is 357 g/mol. The lowest BCUT2D eigenvalue weighted by Gasteiger charge is -2.35. The first kappa shape index (κ1) is 18.5. The lowest BCUT2D eigenvalue weighted by atomic mass is 10.0. The number of aliphatic hydroxyl groups excluding tert-OH is 1. The van der Waals surface area contributed by atoms with Crippen molar-refractivity contribution in [2.75, 3.05) is 26.2 Å². The molecule has 26 heavy (non-hydrogen) atoms. The molecule has 2 N–H and O–H groups in total. The molecule has 1 fully saturated rings. The van der Waals surface area contributed by atoms with Gasteiger partial charge in [-0.1, -0.05) is 42.0 Å². The van der Waals surface area contributed by atoms with Crippen LogP contribution < -0.4 is 5.32 Å². The summed E-state index contributed by atoms with van der Waals surface area (Å²) < 4.78 is 1.71. The zero-order valence-corrected chi connectivity index (χ0v) is 15.0. The van der Waals surface area contributed by atoms with E-state index in [0.29, 0.717) is 25.3 Å². The highest BCUT2D eigenvalue weighted by Gasteiger charge is 2.22. The minimum Gasteiger partial charge on any atom is -0.395 e. The largest absolute Gasteiger partial charge is 0.395 e. The molecule has 7 nitrogen and oxygen atoms in total. The van der Waals surface area contributed by atoms with Crippen LogP contribution in [0, 0.1) is 0 Å². The lowest BCUT2D eigenvalue weighted by Crippen LogP contribution is -2.47. The molecule has 1 atom stereocenters. The third-order valence-corrected chi connectivity index (χ3v) is 4.88. The van der Waals surface area contributed by atoms with Crippen molar-refractivity contribution >= 4 is 5.91 Å². The Bertz CT molecular complexity index is 686. The topological polar surface area (TPSA) is 83.3 Å². The molecule has 7 heteroatoms. The second-order valence-corrected chi connectivity index (χ2v) is 6.72. The number of nitrogens with zero attached hydrogens (tertiary/aromatic N) is 4. The lowest BCUT2D eigenvalue weighted by molar-refractivity contribution is 0.0885. The van der Waals surface area contributed by atoms with Gasteiger partial charge in [0.25, 0.3) is 5.91 Å². The van der Waals surface area contributed by atoms with Gasteiger partial charge in [0.1, 0.15) is 0 Å². The number of rotatable bonds is 8. The number of aliphatic hydroxyl groups is 1. The molecule has 140 valence electrons. The van der Waals surface area contributed by atoms with E-state index in [1.165, 1.54) is 5.56 Å². The zero-order valence-electron chi connectivity index (χ0n) is 15.0. The van der Waals surface area contributed by atoms with E-state index in [4.69, 9.17) is 0 Å². The third kappa shape index (κ3) is 5.12. The molecule has 1 aromatic heterocycles. The molecule has 1 aromatic carbocycles. The van der Waals surface area contributed by atoms with Crippen molar-refractivity contribution in [3.63, 3.8) is 0 Å². The van der Waals surface area contributed by atoms with E-state index in [0.717, 1.165) is 32.2 Å². The zero-order chi connectivity index (χ0) is 18.2. The summed E-state index contributed by atoms with van der Waals surface area (Å²) in [7, 11) is 0. The fourth-order valence-corrected chi connectivity index (χ4v) is 3.42. The van der Waals surface area contributed by atoms with Crippen molar-refractivity contribution in [3.8, 4) is 0 Å². The number of aryl methyl sites for hydroxylation is 2. The maximum absolute atomic E-state index is 12.3. The van der Waals surface area contributed by atoms with Gasteiger partial charge in [-0.3, -0.25) is 14.4 Å². The molecular formula is C19H27N5O2. The van der Waals surface area contributed by atoms with Crippen LogP contribution in [0.4, 0.5) is 0 Å². The van der Waals surface area contributed by atoms with Gasteiger partial charge in [-0.25, -0.2) is 0 Å². The third-order valence-electron chi connectivity index (χ3n) is 4.88. The molecule has 0 saturated carbocycles. The molecule has 2 heterocycles. The number of hydrogen-bond donors (Lipinski definition) is 2. The van der Waals surface area contributed by atoms with Gasteiger partial charge in [0, 0.05) is 25.7 Å². The Labute approximate surface area is 154 Å². The van der Waals surface area contributed by atoms with Gasteiger partial charge in [-0.15, -0.1) is 5.10 Å². The van der Waals surface area contributed by atoms with Crippen molar-refractivity contribution in [3.05, 3.63) is 47.8 Å². The quantitative estimate of drug-likeness (QED) is 0.739. The Hall–Kier alpha value is -2.25. The summed E-state index contributed by atoms with van der Waals surface area (Å²) in [4.78, 5) is 14.6. The predicted molar refractivity (Wildman–Crippen MR) is 98.8 cm³/mol. The number of hydrogen-bond acceptors (Lipinski definition) is 5. The maximum Gasteiger partial charge on any atom is 0.273 e. The average Bonchev–Trinajstić information content (AvgIpc) is 3.16. The number of carbonyl (C=O) groups excluding carboxylic acids is 1. The van der Waals surface area contributed by atoms with Crippen LogP contribution in [0.15, 0.2) is 36.5 Å². The molecule has 1 aliphatic heterocycles. The molecule has 0 radical (unpaired) electrons. The van der Waals surface area contributed by atoms with E-state index in [1.54, 1.807) is 10.9 Å². The SMILES string of the molecule is O=C(NCC1CCCCN1CCO)c1cn(CCc2ccccc2)nn1. The molecule has 3 rings (SSSR count). The van der Waals surface area contributed by atoms with E-state index < -0.39 is 0 Å². The molecule has 1 amide bonds. The first-order chi connectivity index (χ1) is 12.8. The fourth-order valence-electron chi connectivity index (χ4n) is 3.42. The van der Waals surface area contributed by atoms with Crippen molar-refractivity contribution in [2.24, 2.45) is 0 Å². The van der Waals surface area contributed by atoms with Crippen molar-refractivity contribution in [2.45, 2.75) is 38.3 Å². The molecule has 1 aliphatic rings. The first-order valence-corrected chi connectivity index (χ1v) is 9.33. The Morgan fingerprint density at radius 1 is 1.23 bits per heavy atom. The van der Waals surface area contributed by atoms with Crippen LogP contribution in [0.2, 0.25) is 0 Å². The molecule has 0 bridgehead atoms. The summed E-state index contributed by atoms with van der Waals surface area (Å²) in [6.07, 6.45) is 5.91. The summed E-state index contributed by atoms with van der Waals surface area (Å²) in [5.41, 5.74) is 1.58. The smallest absolute Gasteiger partial charge is 0.273 e. The highest BCUT2D eigenvalue weighted by Crippen LogP contribution is 2.15. The number of likely N-dealkylation sites (tertiary alicyclic amines) is 1. The minimum absolute atomic E-state index is 0.153. The highest BCUT2D eigenvalue weighted by molar-refractivity contribution is 5.91. The minimum atomic E-state index is -0.189. The number of nitrogens with one attached hydrogen (secondary N) is 1. The molecular weight excluding hydrogens is 330 g/mol. The van der Waals surface area contributed by atoms with Gasteiger partial charge < -0.3 is 10.4 Å². The van der Waals surface area contributed by atoms with Crippen molar-refractivity contribution < 1.29 is 9.90 Å². The Morgan fingerprint density at radius 3 is 2.88 bits per heavy atom. The predicted octanol–water partition coefficient (Wildman–Crippen LogP) is 1.10. The number of piperidine rings is 1. The monoisotopic (exact) mass is 357 g/mol. The van der Waals surface area contributed by atoms with E-state index in [-0.39, 0.29) is 18.6 Å². The Morgan fingerprint density at radius 2 is 2.08 bits per heavy atom. The van der Waals surface area contributed by atoms with Gasteiger partial charge in [0.05, 0.1) is 12.8 Å². The van der Waals surface area contributed by atoms with Crippen LogP contribution in [0.3, 0.4) is 0 Å². The van der Waals surface area contributed by atoms with E-state index >= 15 is 0 Å². The van der Waals surface area contributed by atoms with Crippen molar-refractivity contribution in [1.82, 2.24) is 25.2 Å². The summed E-state index contributed by atoms with van der Waals surface area (Å²) in [6.45, 7) is 3.07. The molecule has 1 unspecified atom stereocenters. The van der Waals surface area contributed by atoms with Gasteiger partial charge in [-0.05, 0) is 31.4 Å². The Kier molecular flexibility index (Phi) is 6.74. The van der Waals surface area contributed by atoms with E-state index in [9.17, 15) is 9.90 Å². The molecule has 2 aromatic rings. The summed E-state index contributed by atoms with van der Waals surface area (Å²) >= 11 is 0. The second-order valence-electron chi connectivity index (χ2n) is 6.72. The van der Waals surface area contributed by atoms with Gasteiger partial charge in [0.15, 0.2) is 5.69 Å². The fraction of sp³-hybridized carbons (Fsp3) is 0.526. The van der Waals surface area contributed by atoms with Crippen molar-refractivity contribution in [1.29, 1.82) is 0 Å². The summed E-state index contributed by atoms with van der Waals surface area (Å²) in [5, 5.41) is 20.2. The molecule has 0 aliphatic carbocycles. The van der Waals surface area contributed by atoms with E-state index in [1.807, 2.05) is 18.2 Å². The molecule has 0 spiro atoms. The number of β-amino-alcohol motifs (C(OH)–C–C–N with tert-alkyl or cyclic N) is 1. The van der Waals surface area contributed by atoms with Crippen LogP contribution in [0.5, 0.6) is 0 Å². The number of amides is 1. The van der Waals surface area contributed by atoms with Crippen LogP contribution in [0.1, 0.15) is 35.3 Å². The Balaban J connectivity index is 1.48. The van der Waals surface area contributed by atoms with Crippen LogP contribution in [0.25, 0.3) is 0 Å².